The average molecular weight is 283 g/mol. The SMILES string of the molecule is Nc1cc(C(F)(F)F)ccc1OCc1cccc(O)c1. The summed E-state index contributed by atoms with van der Waals surface area (Å²) in [6.45, 7) is 0.101. The Morgan fingerprint density at radius 1 is 1.10 bits per heavy atom. The Morgan fingerprint density at radius 2 is 1.85 bits per heavy atom. The van der Waals surface area contributed by atoms with E-state index in [-0.39, 0.29) is 23.8 Å². The highest BCUT2D eigenvalue weighted by atomic mass is 19.4. The number of benzene rings is 2. The first-order valence-corrected chi connectivity index (χ1v) is 5.73. The minimum Gasteiger partial charge on any atom is -0.508 e. The zero-order valence-corrected chi connectivity index (χ0v) is 10.3. The number of nitrogen functional groups attached to an aromatic ring is 1. The van der Waals surface area contributed by atoms with Crippen molar-refractivity contribution in [3.8, 4) is 11.5 Å². The second kappa shape index (κ2) is 5.32. The van der Waals surface area contributed by atoms with E-state index < -0.39 is 11.7 Å². The van der Waals surface area contributed by atoms with Crippen LogP contribution in [0.3, 0.4) is 0 Å². The molecule has 106 valence electrons. The number of phenolic OH excluding ortho intramolecular Hbond substituents is 1. The largest absolute Gasteiger partial charge is 0.508 e. The van der Waals surface area contributed by atoms with Crippen LogP contribution in [0.25, 0.3) is 0 Å². The number of ether oxygens (including phenoxy) is 1. The van der Waals surface area contributed by atoms with E-state index in [4.69, 9.17) is 10.5 Å². The molecule has 0 amide bonds. The Labute approximate surface area is 113 Å². The summed E-state index contributed by atoms with van der Waals surface area (Å²) in [5.74, 6) is 0.257. The van der Waals surface area contributed by atoms with Gasteiger partial charge < -0.3 is 15.6 Å². The zero-order valence-electron chi connectivity index (χ0n) is 10.3. The second-order valence-electron chi connectivity index (χ2n) is 4.21. The highest BCUT2D eigenvalue weighted by molar-refractivity contribution is 5.54. The van der Waals surface area contributed by atoms with Crippen LogP contribution >= 0.6 is 0 Å². The molecule has 0 radical (unpaired) electrons. The smallest absolute Gasteiger partial charge is 0.416 e. The van der Waals surface area contributed by atoms with Gasteiger partial charge in [-0.3, -0.25) is 0 Å². The predicted octanol–water partition coefficient (Wildman–Crippen LogP) is 3.57. The van der Waals surface area contributed by atoms with Gasteiger partial charge in [0.25, 0.3) is 0 Å². The molecule has 3 nitrogen and oxygen atoms in total. The van der Waals surface area contributed by atoms with Crippen molar-refractivity contribution < 1.29 is 23.0 Å². The molecule has 0 atom stereocenters. The first-order chi connectivity index (χ1) is 9.36. The van der Waals surface area contributed by atoms with Gasteiger partial charge >= 0.3 is 6.18 Å². The van der Waals surface area contributed by atoms with Crippen LogP contribution in [-0.4, -0.2) is 5.11 Å². The molecule has 0 saturated heterocycles. The Kier molecular flexibility index (Phi) is 3.74. The standard InChI is InChI=1S/C14H12F3NO2/c15-14(16,17)10-4-5-13(12(18)7-10)20-8-9-2-1-3-11(19)6-9/h1-7,19H,8,18H2. The molecule has 6 heteroatoms. The third-order valence-electron chi connectivity index (χ3n) is 2.64. The fourth-order valence-electron chi connectivity index (χ4n) is 1.66. The molecule has 0 aliphatic carbocycles. The van der Waals surface area contributed by atoms with E-state index in [1.165, 1.54) is 18.2 Å². The summed E-state index contributed by atoms with van der Waals surface area (Å²) in [5.41, 5.74) is 5.32. The van der Waals surface area contributed by atoms with Crippen LogP contribution in [0.4, 0.5) is 18.9 Å². The van der Waals surface area contributed by atoms with Gasteiger partial charge in [0.1, 0.15) is 18.1 Å². The number of anilines is 1. The summed E-state index contributed by atoms with van der Waals surface area (Å²) >= 11 is 0. The first kappa shape index (κ1) is 14.0. The maximum atomic E-state index is 12.5. The second-order valence-corrected chi connectivity index (χ2v) is 4.21. The van der Waals surface area contributed by atoms with Gasteiger partial charge in [-0.05, 0) is 35.9 Å². The number of hydrogen-bond acceptors (Lipinski definition) is 3. The van der Waals surface area contributed by atoms with Crippen molar-refractivity contribution in [1.82, 2.24) is 0 Å². The summed E-state index contributed by atoms with van der Waals surface area (Å²) in [7, 11) is 0. The maximum absolute atomic E-state index is 12.5. The van der Waals surface area contributed by atoms with E-state index in [0.29, 0.717) is 5.56 Å². The Bertz CT molecular complexity index is 612. The predicted molar refractivity (Wildman–Crippen MR) is 68.3 cm³/mol. The van der Waals surface area contributed by atoms with Crippen molar-refractivity contribution in [2.45, 2.75) is 12.8 Å². The third kappa shape index (κ3) is 3.34. The summed E-state index contributed by atoms with van der Waals surface area (Å²) in [6, 6.07) is 9.30. The maximum Gasteiger partial charge on any atom is 0.416 e. The van der Waals surface area contributed by atoms with Gasteiger partial charge in [0.05, 0.1) is 11.3 Å². The molecule has 0 aliphatic rings. The molecule has 2 aromatic carbocycles. The molecule has 0 saturated carbocycles. The van der Waals surface area contributed by atoms with E-state index >= 15 is 0 Å². The lowest BCUT2D eigenvalue weighted by Gasteiger charge is -2.12. The van der Waals surface area contributed by atoms with Gasteiger partial charge in [-0.15, -0.1) is 0 Å². The van der Waals surface area contributed by atoms with Gasteiger partial charge in [0, 0.05) is 0 Å². The summed E-state index contributed by atoms with van der Waals surface area (Å²) in [4.78, 5) is 0. The van der Waals surface area contributed by atoms with Crippen LogP contribution in [0, 0.1) is 0 Å². The molecule has 0 spiro atoms. The van der Waals surface area contributed by atoms with Gasteiger partial charge in [-0.2, -0.15) is 13.2 Å². The van der Waals surface area contributed by atoms with E-state index in [1.807, 2.05) is 0 Å². The lowest BCUT2D eigenvalue weighted by Crippen LogP contribution is -2.06. The van der Waals surface area contributed by atoms with Crippen LogP contribution in [0.5, 0.6) is 11.5 Å². The summed E-state index contributed by atoms with van der Waals surface area (Å²) < 4.78 is 42.8. The van der Waals surface area contributed by atoms with Crippen molar-refractivity contribution in [2.75, 3.05) is 5.73 Å². The van der Waals surface area contributed by atoms with Crippen molar-refractivity contribution in [3.05, 3.63) is 53.6 Å². The summed E-state index contributed by atoms with van der Waals surface area (Å²) in [6.07, 6.45) is -4.43. The molecule has 0 heterocycles. The minimum absolute atomic E-state index is 0.0834. The zero-order chi connectivity index (χ0) is 14.8. The molecule has 3 N–H and O–H groups in total. The number of phenols is 1. The normalized spacial score (nSPS) is 11.3. The molecule has 0 aromatic heterocycles. The summed E-state index contributed by atoms with van der Waals surface area (Å²) in [5, 5.41) is 9.29. The minimum atomic E-state index is -4.43. The Hall–Kier alpha value is -2.37. The van der Waals surface area contributed by atoms with Crippen LogP contribution in [0.2, 0.25) is 0 Å². The molecule has 0 fully saturated rings. The topological polar surface area (TPSA) is 55.5 Å². The van der Waals surface area contributed by atoms with Crippen molar-refractivity contribution in [2.24, 2.45) is 0 Å². The van der Waals surface area contributed by atoms with Crippen LogP contribution in [-0.2, 0) is 12.8 Å². The van der Waals surface area contributed by atoms with Crippen molar-refractivity contribution in [3.63, 3.8) is 0 Å². The Balaban J connectivity index is 2.11. The number of alkyl halides is 3. The quantitative estimate of drug-likeness (QED) is 0.847. The van der Waals surface area contributed by atoms with Crippen LogP contribution < -0.4 is 10.5 Å². The molecule has 20 heavy (non-hydrogen) atoms. The highest BCUT2D eigenvalue weighted by Gasteiger charge is 2.30. The lowest BCUT2D eigenvalue weighted by atomic mass is 10.2. The highest BCUT2D eigenvalue weighted by Crippen LogP contribution is 2.33. The first-order valence-electron chi connectivity index (χ1n) is 5.73. The van der Waals surface area contributed by atoms with E-state index in [9.17, 15) is 18.3 Å². The molecular weight excluding hydrogens is 271 g/mol. The van der Waals surface area contributed by atoms with Crippen molar-refractivity contribution in [1.29, 1.82) is 0 Å². The van der Waals surface area contributed by atoms with Crippen LogP contribution in [0.15, 0.2) is 42.5 Å². The average Bonchev–Trinajstić information content (AvgIpc) is 2.36. The van der Waals surface area contributed by atoms with E-state index in [0.717, 1.165) is 12.1 Å². The van der Waals surface area contributed by atoms with Gasteiger partial charge in [0.2, 0.25) is 0 Å². The van der Waals surface area contributed by atoms with Crippen LogP contribution in [0.1, 0.15) is 11.1 Å². The molecule has 0 bridgehead atoms. The number of rotatable bonds is 3. The van der Waals surface area contributed by atoms with Gasteiger partial charge in [-0.25, -0.2) is 0 Å². The number of nitrogens with two attached hydrogens (primary N) is 1. The molecule has 0 aliphatic heterocycles. The number of halogens is 3. The lowest BCUT2D eigenvalue weighted by molar-refractivity contribution is -0.137. The van der Waals surface area contributed by atoms with Gasteiger partial charge in [-0.1, -0.05) is 12.1 Å². The molecule has 2 rings (SSSR count). The fourth-order valence-corrected chi connectivity index (χ4v) is 1.66. The fraction of sp³-hybridized carbons (Fsp3) is 0.143. The third-order valence-corrected chi connectivity index (χ3v) is 2.64. The molecule has 0 unspecified atom stereocenters. The van der Waals surface area contributed by atoms with E-state index in [1.54, 1.807) is 12.1 Å². The number of aromatic hydroxyl groups is 1. The van der Waals surface area contributed by atoms with E-state index in [2.05, 4.69) is 0 Å². The Morgan fingerprint density at radius 3 is 2.45 bits per heavy atom. The van der Waals surface area contributed by atoms with Crippen molar-refractivity contribution >= 4 is 5.69 Å². The monoisotopic (exact) mass is 283 g/mol. The van der Waals surface area contributed by atoms with Gasteiger partial charge in [0.15, 0.2) is 0 Å². The molecule has 2 aromatic rings. The molecular formula is C14H12F3NO2. The number of hydrogen-bond donors (Lipinski definition) is 2.